The summed E-state index contributed by atoms with van der Waals surface area (Å²) in [4.78, 5) is 57.7. The summed E-state index contributed by atoms with van der Waals surface area (Å²) in [5.74, 6) is -3.35. The second-order valence-corrected chi connectivity index (χ2v) is 9.97. The molecule has 1 aromatic heterocycles. The Labute approximate surface area is 243 Å². The molecular formula is C26H41N9O5S. The molecule has 4 atom stereocenters. The number of benzene rings is 1. The molecule has 3 amide bonds. The van der Waals surface area contributed by atoms with Gasteiger partial charge in [-0.3, -0.25) is 19.4 Å². The number of H-pyrrole nitrogens is 1. The molecule has 15 heteroatoms. The average molecular weight is 592 g/mol. The van der Waals surface area contributed by atoms with Crippen LogP contribution in [-0.2, 0) is 25.6 Å². The van der Waals surface area contributed by atoms with Crippen LogP contribution in [-0.4, -0.2) is 82.8 Å². The first kappa shape index (κ1) is 33.4. The maximum Gasteiger partial charge on any atom is 0.326 e. The predicted molar refractivity (Wildman–Crippen MR) is 160 cm³/mol. The van der Waals surface area contributed by atoms with Gasteiger partial charge in [0.25, 0.3) is 0 Å². The van der Waals surface area contributed by atoms with Crippen molar-refractivity contribution in [2.75, 3.05) is 18.8 Å². The molecule has 41 heavy (non-hydrogen) atoms. The Bertz CT molecular complexity index is 1200. The first-order chi connectivity index (χ1) is 19.6. The fourth-order valence-electron chi connectivity index (χ4n) is 4.17. The Morgan fingerprint density at radius 3 is 2.22 bits per heavy atom. The molecule has 4 unspecified atom stereocenters. The van der Waals surface area contributed by atoms with Crippen LogP contribution in [0.3, 0.4) is 0 Å². The van der Waals surface area contributed by atoms with Gasteiger partial charge < -0.3 is 49.0 Å². The normalized spacial score (nSPS) is 13.9. The average Bonchev–Trinajstić information content (AvgIpc) is 3.34. The number of nitrogens with one attached hydrogen (secondary N) is 4. The number of carboxylic acids is 1. The number of amides is 3. The van der Waals surface area contributed by atoms with Crippen LogP contribution < -0.4 is 38.9 Å². The summed E-state index contributed by atoms with van der Waals surface area (Å²) in [6, 6.07) is 3.27. The number of para-hydroxylation sites is 1. The lowest BCUT2D eigenvalue weighted by atomic mass is 10.0. The fraction of sp³-hybridized carbons (Fsp3) is 0.500. The molecule has 2 rings (SSSR count). The minimum Gasteiger partial charge on any atom is -0.480 e. The van der Waals surface area contributed by atoms with Crippen LogP contribution in [0.1, 0.15) is 37.7 Å². The number of carbonyl (C=O) groups is 4. The Morgan fingerprint density at radius 1 is 0.927 bits per heavy atom. The van der Waals surface area contributed by atoms with Crippen LogP contribution in [0.2, 0.25) is 0 Å². The lowest BCUT2D eigenvalue weighted by molar-refractivity contribution is -0.142. The molecule has 226 valence electrons. The summed E-state index contributed by atoms with van der Waals surface area (Å²) < 4.78 is 0. The van der Waals surface area contributed by atoms with Gasteiger partial charge in [0.05, 0.1) is 6.04 Å². The van der Waals surface area contributed by atoms with Crippen LogP contribution in [0.25, 0.3) is 10.9 Å². The minimum absolute atomic E-state index is 0.109. The number of nitrogens with zero attached hydrogens (tertiary/aromatic N) is 1. The second kappa shape index (κ2) is 17.1. The van der Waals surface area contributed by atoms with Gasteiger partial charge >= 0.3 is 5.97 Å². The number of aromatic nitrogens is 1. The molecule has 2 aromatic rings. The van der Waals surface area contributed by atoms with Crippen molar-refractivity contribution in [1.29, 1.82) is 0 Å². The predicted octanol–water partition coefficient (Wildman–Crippen LogP) is -1.31. The fourth-order valence-corrected chi connectivity index (χ4v) is 4.43. The van der Waals surface area contributed by atoms with Gasteiger partial charge in [-0.05, 0) is 56.7 Å². The quantitative estimate of drug-likeness (QED) is 0.0426. The van der Waals surface area contributed by atoms with E-state index in [2.05, 4.69) is 38.6 Å². The number of aliphatic imine (C=N–C) groups is 1. The maximum atomic E-state index is 13.2. The molecule has 14 nitrogen and oxygen atoms in total. The lowest BCUT2D eigenvalue weighted by Gasteiger charge is -2.24. The van der Waals surface area contributed by atoms with E-state index in [1.807, 2.05) is 24.3 Å². The van der Waals surface area contributed by atoms with Crippen LogP contribution in [0.15, 0.2) is 35.5 Å². The van der Waals surface area contributed by atoms with E-state index in [0.29, 0.717) is 25.8 Å². The Hall–Kier alpha value is -3.82. The Morgan fingerprint density at radius 2 is 1.56 bits per heavy atom. The summed E-state index contributed by atoms with van der Waals surface area (Å²) >= 11 is 4.15. The zero-order chi connectivity index (χ0) is 30.4. The molecule has 0 saturated heterocycles. The summed E-state index contributed by atoms with van der Waals surface area (Å²) in [5.41, 5.74) is 24.2. The third kappa shape index (κ3) is 10.9. The highest BCUT2D eigenvalue weighted by molar-refractivity contribution is 7.80. The van der Waals surface area contributed by atoms with Gasteiger partial charge in [-0.25, -0.2) is 4.79 Å². The van der Waals surface area contributed by atoms with Crippen molar-refractivity contribution in [2.24, 2.45) is 27.9 Å². The van der Waals surface area contributed by atoms with E-state index in [-0.39, 0.29) is 37.5 Å². The number of aliphatic carboxylic acids is 1. The third-order valence-corrected chi connectivity index (χ3v) is 6.77. The van der Waals surface area contributed by atoms with Gasteiger partial charge in [-0.15, -0.1) is 0 Å². The third-order valence-electron chi connectivity index (χ3n) is 6.41. The minimum atomic E-state index is -1.20. The zero-order valence-electron chi connectivity index (χ0n) is 22.8. The van der Waals surface area contributed by atoms with Gasteiger partial charge in [-0.2, -0.15) is 12.6 Å². The Kier molecular flexibility index (Phi) is 13.9. The molecule has 0 saturated carbocycles. The number of fused-ring (bicyclic) bond motifs is 1. The zero-order valence-corrected chi connectivity index (χ0v) is 23.7. The van der Waals surface area contributed by atoms with Gasteiger partial charge in [-0.1, -0.05) is 18.2 Å². The standard InChI is InChI=1S/C26H41N9O5S/c27-10-4-3-8-20(25(39)40)34-24(38)21(14-41)35-23(37)19(9-5-11-31-26(29)30)33-22(36)17(28)12-15-13-32-18-7-2-1-6-16(15)18/h1-2,6-7,13,17,19-21,32,41H,3-5,8-12,14,27-28H2,(H,33,36)(H,34,38)(H,35,37)(H,39,40)(H4,29,30,31). The van der Waals surface area contributed by atoms with Crippen molar-refractivity contribution < 1.29 is 24.3 Å². The number of hydrogen-bond acceptors (Lipinski definition) is 8. The van der Waals surface area contributed by atoms with Crippen LogP contribution in [0, 0.1) is 0 Å². The van der Waals surface area contributed by atoms with Gasteiger partial charge in [0.1, 0.15) is 18.1 Å². The highest BCUT2D eigenvalue weighted by atomic mass is 32.1. The topological polar surface area (TPSA) is 257 Å². The van der Waals surface area contributed by atoms with Crippen molar-refractivity contribution in [3.63, 3.8) is 0 Å². The van der Waals surface area contributed by atoms with Gasteiger partial charge in [0.2, 0.25) is 17.7 Å². The number of unbranched alkanes of at least 4 members (excludes halogenated alkanes) is 1. The van der Waals surface area contributed by atoms with Crippen molar-refractivity contribution >= 4 is 53.2 Å². The summed E-state index contributed by atoms with van der Waals surface area (Å²) in [5, 5.41) is 18.1. The maximum absolute atomic E-state index is 13.2. The highest BCUT2D eigenvalue weighted by Gasteiger charge is 2.29. The summed E-state index contributed by atoms with van der Waals surface area (Å²) in [6.07, 6.45) is 3.79. The highest BCUT2D eigenvalue weighted by Crippen LogP contribution is 2.19. The molecular weight excluding hydrogens is 550 g/mol. The molecule has 1 aromatic carbocycles. The van der Waals surface area contributed by atoms with Gasteiger partial charge in [0.15, 0.2) is 5.96 Å². The molecule has 0 radical (unpaired) electrons. The van der Waals surface area contributed by atoms with Crippen LogP contribution in [0.4, 0.5) is 0 Å². The van der Waals surface area contributed by atoms with Crippen LogP contribution in [0.5, 0.6) is 0 Å². The van der Waals surface area contributed by atoms with E-state index in [1.165, 1.54) is 0 Å². The number of guanidine groups is 1. The number of aromatic amines is 1. The molecule has 13 N–H and O–H groups in total. The van der Waals surface area contributed by atoms with E-state index < -0.39 is 47.9 Å². The summed E-state index contributed by atoms with van der Waals surface area (Å²) in [7, 11) is 0. The lowest BCUT2D eigenvalue weighted by Crippen LogP contribution is -2.57. The number of carbonyl (C=O) groups excluding carboxylic acids is 3. The largest absolute Gasteiger partial charge is 0.480 e. The van der Waals surface area contributed by atoms with Crippen LogP contribution >= 0.6 is 12.6 Å². The number of carboxylic acid groups (broad SMARTS) is 1. The molecule has 0 spiro atoms. The molecule has 0 fully saturated rings. The molecule has 0 bridgehead atoms. The number of nitrogens with two attached hydrogens (primary N) is 4. The van der Waals surface area contributed by atoms with E-state index in [0.717, 1.165) is 16.5 Å². The van der Waals surface area contributed by atoms with Crippen molar-refractivity contribution in [3.8, 4) is 0 Å². The molecule has 0 aliphatic carbocycles. The van der Waals surface area contributed by atoms with E-state index in [1.54, 1.807) is 6.20 Å². The SMILES string of the molecule is NCCCCC(NC(=O)C(CS)NC(=O)C(CCCN=C(N)N)NC(=O)C(N)Cc1c[nH]c2ccccc12)C(=O)O. The van der Waals surface area contributed by atoms with Crippen molar-refractivity contribution in [3.05, 3.63) is 36.0 Å². The van der Waals surface area contributed by atoms with E-state index >= 15 is 0 Å². The Balaban J connectivity index is 2.09. The number of hydrogen-bond donors (Lipinski definition) is 10. The summed E-state index contributed by atoms with van der Waals surface area (Å²) in [6.45, 7) is 0.611. The second-order valence-electron chi connectivity index (χ2n) is 9.61. The number of rotatable bonds is 18. The van der Waals surface area contributed by atoms with Crippen molar-refractivity contribution in [2.45, 2.75) is 62.7 Å². The molecule has 0 aliphatic rings. The van der Waals surface area contributed by atoms with E-state index in [9.17, 15) is 24.3 Å². The number of thiol groups is 1. The first-order valence-electron chi connectivity index (χ1n) is 13.4. The van der Waals surface area contributed by atoms with E-state index in [4.69, 9.17) is 22.9 Å². The molecule has 1 heterocycles. The smallest absolute Gasteiger partial charge is 0.326 e. The monoisotopic (exact) mass is 591 g/mol. The van der Waals surface area contributed by atoms with Gasteiger partial charge in [0, 0.05) is 29.4 Å². The first-order valence-corrected chi connectivity index (χ1v) is 14.0. The van der Waals surface area contributed by atoms with Crippen molar-refractivity contribution in [1.82, 2.24) is 20.9 Å². The molecule has 0 aliphatic heterocycles.